The normalized spacial score (nSPS) is 17.8. The molecule has 9 nitrogen and oxygen atoms in total. The number of nitrogen functional groups attached to an aromatic ring is 1. The maximum Gasteiger partial charge on any atom is 0.263 e. The van der Waals surface area contributed by atoms with Gasteiger partial charge in [0, 0.05) is 38.1 Å². The Kier molecular flexibility index (Phi) is 4.78. The molecule has 3 N–H and O–H groups in total. The summed E-state index contributed by atoms with van der Waals surface area (Å²) in [7, 11) is 2.12. The van der Waals surface area contributed by atoms with E-state index in [-0.39, 0.29) is 11.4 Å². The highest BCUT2D eigenvalue weighted by Gasteiger charge is 2.25. The summed E-state index contributed by atoms with van der Waals surface area (Å²) < 4.78 is 1.40. The number of nitrogens with zero attached hydrogens (tertiary/aromatic N) is 6. The molecule has 0 bridgehead atoms. The quantitative estimate of drug-likeness (QED) is 0.690. The first kappa shape index (κ1) is 18.5. The molecule has 1 amide bonds. The van der Waals surface area contributed by atoms with Gasteiger partial charge in [0.05, 0.1) is 28.8 Å². The number of anilines is 3. The number of nitrogens with two attached hydrogens (primary N) is 1. The first-order valence-electron chi connectivity index (χ1n) is 8.94. The van der Waals surface area contributed by atoms with Gasteiger partial charge in [-0.2, -0.15) is 0 Å². The average Bonchev–Trinajstić information content (AvgIpc) is 2.99. The molecule has 1 atom stereocenters. The zero-order valence-corrected chi connectivity index (χ0v) is 16.4. The van der Waals surface area contributed by atoms with Crippen LogP contribution in [0.5, 0.6) is 0 Å². The Hall–Kier alpha value is -2.91. The largest absolute Gasteiger partial charge is 0.381 e. The SMILES string of the molecule is CC1CN(c2ccncc2NC(=O)c2c(N)nn3cc(Cl)cnc23)CCN1C. The van der Waals surface area contributed by atoms with E-state index < -0.39 is 5.91 Å². The fraction of sp³-hybridized carbons (Fsp3) is 0.333. The van der Waals surface area contributed by atoms with Gasteiger partial charge in [0.15, 0.2) is 11.5 Å². The van der Waals surface area contributed by atoms with Crippen LogP contribution in [0.3, 0.4) is 0 Å². The molecular weight excluding hydrogens is 380 g/mol. The van der Waals surface area contributed by atoms with E-state index >= 15 is 0 Å². The monoisotopic (exact) mass is 400 g/mol. The van der Waals surface area contributed by atoms with Crippen LogP contribution in [0, 0.1) is 0 Å². The fourth-order valence-corrected chi connectivity index (χ4v) is 3.50. The minimum Gasteiger partial charge on any atom is -0.381 e. The molecule has 1 saturated heterocycles. The molecule has 0 radical (unpaired) electrons. The number of nitrogens with one attached hydrogen (secondary N) is 1. The van der Waals surface area contributed by atoms with Crippen molar-refractivity contribution in [3.8, 4) is 0 Å². The molecule has 10 heteroatoms. The number of likely N-dealkylation sites (N-methyl/N-ethyl adjacent to an activating group) is 1. The Balaban J connectivity index is 1.64. The number of pyridine rings is 1. The molecule has 3 aromatic rings. The zero-order valence-electron chi connectivity index (χ0n) is 15.6. The number of piperazine rings is 1. The van der Waals surface area contributed by atoms with Crippen molar-refractivity contribution in [1.82, 2.24) is 24.5 Å². The van der Waals surface area contributed by atoms with E-state index in [1.807, 2.05) is 6.07 Å². The summed E-state index contributed by atoms with van der Waals surface area (Å²) in [5, 5.41) is 7.45. The van der Waals surface area contributed by atoms with E-state index in [4.69, 9.17) is 17.3 Å². The summed E-state index contributed by atoms with van der Waals surface area (Å²) in [6.07, 6.45) is 6.37. The predicted molar refractivity (Wildman–Crippen MR) is 109 cm³/mol. The summed E-state index contributed by atoms with van der Waals surface area (Å²) in [6, 6.07) is 2.32. The number of carbonyl (C=O) groups excluding carboxylic acids is 1. The highest BCUT2D eigenvalue weighted by atomic mass is 35.5. The van der Waals surface area contributed by atoms with Crippen LogP contribution in [0.2, 0.25) is 5.02 Å². The lowest BCUT2D eigenvalue weighted by Gasteiger charge is -2.39. The molecule has 146 valence electrons. The van der Waals surface area contributed by atoms with Crippen LogP contribution in [0.15, 0.2) is 30.9 Å². The summed E-state index contributed by atoms with van der Waals surface area (Å²) in [6.45, 7) is 4.86. The second kappa shape index (κ2) is 7.25. The number of carbonyl (C=O) groups is 1. The second-order valence-corrected chi connectivity index (χ2v) is 7.36. The molecule has 0 aliphatic carbocycles. The molecule has 0 aromatic carbocycles. The summed E-state index contributed by atoms with van der Waals surface area (Å²) in [5.74, 6) is -0.301. The summed E-state index contributed by atoms with van der Waals surface area (Å²) in [5.41, 5.74) is 8.06. The third-order valence-corrected chi connectivity index (χ3v) is 5.24. The lowest BCUT2D eigenvalue weighted by molar-refractivity contribution is 0.102. The molecule has 28 heavy (non-hydrogen) atoms. The Bertz CT molecular complexity index is 1040. The van der Waals surface area contributed by atoms with Gasteiger partial charge in [-0.15, -0.1) is 5.10 Å². The molecule has 0 saturated carbocycles. The van der Waals surface area contributed by atoms with Gasteiger partial charge in [-0.25, -0.2) is 9.50 Å². The maximum atomic E-state index is 13.0. The van der Waals surface area contributed by atoms with Gasteiger partial charge in [-0.05, 0) is 20.0 Å². The number of amides is 1. The minimum absolute atomic E-state index is 0.0888. The van der Waals surface area contributed by atoms with E-state index in [0.29, 0.717) is 22.4 Å². The summed E-state index contributed by atoms with van der Waals surface area (Å²) >= 11 is 5.94. The Morgan fingerprint density at radius 1 is 1.36 bits per heavy atom. The van der Waals surface area contributed by atoms with E-state index in [2.05, 4.69) is 44.2 Å². The summed E-state index contributed by atoms with van der Waals surface area (Å²) in [4.78, 5) is 25.9. The first-order valence-corrected chi connectivity index (χ1v) is 9.31. The van der Waals surface area contributed by atoms with Gasteiger partial charge in [0.2, 0.25) is 0 Å². The smallest absolute Gasteiger partial charge is 0.263 e. The number of hydrogen-bond donors (Lipinski definition) is 2. The van der Waals surface area contributed by atoms with Gasteiger partial charge >= 0.3 is 0 Å². The minimum atomic E-state index is -0.390. The van der Waals surface area contributed by atoms with Crippen molar-refractivity contribution in [2.24, 2.45) is 0 Å². The number of halogens is 1. The van der Waals surface area contributed by atoms with Gasteiger partial charge < -0.3 is 20.9 Å². The van der Waals surface area contributed by atoms with E-state index in [1.165, 1.54) is 10.7 Å². The van der Waals surface area contributed by atoms with Crippen molar-refractivity contribution in [2.45, 2.75) is 13.0 Å². The van der Waals surface area contributed by atoms with E-state index in [1.54, 1.807) is 18.6 Å². The third-order valence-electron chi connectivity index (χ3n) is 5.04. The molecular formula is C18H21ClN8O. The Morgan fingerprint density at radius 3 is 2.96 bits per heavy atom. The molecule has 1 aliphatic rings. The number of rotatable bonds is 3. The van der Waals surface area contributed by atoms with Crippen LogP contribution in [-0.4, -0.2) is 63.1 Å². The van der Waals surface area contributed by atoms with Gasteiger partial charge in [0.1, 0.15) is 5.56 Å². The molecule has 1 fully saturated rings. The van der Waals surface area contributed by atoms with Crippen LogP contribution in [0.25, 0.3) is 5.65 Å². The highest BCUT2D eigenvalue weighted by molar-refractivity contribution is 6.30. The molecule has 1 unspecified atom stereocenters. The number of aromatic nitrogens is 4. The Labute approximate surface area is 167 Å². The Morgan fingerprint density at radius 2 is 2.18 bits per heavy atom. The second-order valence-electron chi connectivity index (χ2n) is 6.92. The standard InChI is InChI=1S/C18H21ClN8O/c1-11-9-26(6-5-25(11)2)14-3-4-21-8-13(14)23-18(28)15-16(20)24-27-10-12(19)7-22-17(15)27/h3-4,7-8,10-11H,5-6,9H2,1-2H3,(H2,20,24)(H,23,28). The van der Waals surface area contributed by atoms with Gasteiger partial charge in [-0.1, -0.05) is 11.6 Å². The van der Waals surface area contributed by atoms with Crippen molar-refractivity contribution in [3.63, 3.8) is 0 Å². The van der Waals surface area contributed by atoms with Crippen LogP contribution in [0.1, 0.15) is 17.3 Å². The predicted octanol–water partition coefficient (Wildman–Crippen LogP) is 1.75. The maximum absolute atomic E-state index is 13.0. The highest BCUT2D eigenvalue weighted by Crippen LogP contribution is 2.28. The van der Waals surface area contributed by atoms with E-state index in [0.717, 1.165) is 25.3 Å². The molecule has 4 heterocycles. The average molecular weight is 401 g/mol. The zero-order chi connectivity index (χ0) is 19.8. The first-order chi connectivity index (χ1) is 13.4. The van der Waals surface area contributed by atoms with Crippen molar-refractivity contribution in [3.05, 3.63) is 41.4 Å². The van der Waals surface area contributed by atoms with Crippen molar-refractivity contribution in [2.75, 3.05) is 42.6 Å². The van der Waals surface area contributed by atoms with Crippen LogP contribution in [0.4, 0.5) is 17.2 Å². The van der Waals surface area contributed by atoms with Crippen LogP contribution >= 0.6 is 11.6 Å². The number of fused-ring (bicyclic) bond motifs is 1. The van der Waals surface area contributed by atoms with Crippen molar-refractivity contribution in [1.29, 1.82) is 0 Å². The molecule has 3 aromatic heterocycles. The third kappa shape index (κ3) is 3.34. The molecule has 1 aliphatic heterocycles. The van der Waals surface area contributed by atoms with Gasteiger partial charge in [-0.3, -0.25) is 9.78 Å². The fourth-order valence-electron chi connectivity index (χ4n) is 3.36. The topological polar surface area (TPSA) is 105 Å². The van der Waals surface area contributed by atoms with Crippen LogP contribution < -0.4 is 16.0 Å². The van der Waals surface area contributed by atoms with Gasteiger partial charge in [0.25, 0.3) is 5.91 Å². The van der Waals surface area contributed by atoms with Crippen molar-refractivity contribution < 1.29 is 4.79 Å². The molecule has 0 spiro atoms. The van der Waals surface area contributed by atoms with E-state index in [9.17, 15) is 4.79 Å². The lowest BCUT2D eigenvalue weighted by Crippen LogP contribution is -2.50. The number of hydrogen-bond acceptors (Lipinski definition) is 7. The van der Waals surface area contributed by atoms with Crippen molar-refractivity contribution >= 4 is 40.3 Å². The molecule has 4 rings (SSSR count). The lowest BCUT2D eigenvalue weighted by atomic mass is 10.1. The van der Waals surface area contributed by atoms with Crippen LogP contribution in [-0.2, 0) is 0 Å².